The fourth-order valence-corrected chi connectivity index (χ4v) is 2.47. The van der Waals surface area contributed by atoms with Gasteiger partial charge in [-0.25, -0.2) is 0 Å². The third-order valence-electron chi connectivity index (χ3n) is 3.41. The standard InChI is InChI=1S/C15H15N3O/c1-11-8-13(17(2)16-11)9-18-7-6-14-12(10-19)4-3-5-15(14)18/h3-8,10H,9H2,1-2H3. The van der Waals surface area contributed by atoms with Crippen LogP contribution in [0.15, 0.2) is 36.5 Å². The zero-order valence-electron chi connectivity index (χ0n) is 11.0. The molecule has 2 heterocycles. The molecule has 0 aliphatic heterocycles. The Labute approximate surface area is 111 Å². The van der Waals surface area contributed by atoms with E-state index in [1.807, 2.05) is 49.1 Å². The summed E-state index contributed by atoms with van der Waals surface area (Å²) in [4.78, 5) is 11.0. The summed E-state index contributed by atoms with van der Waals surface area (Å²) in [5.74, 6) is 0. The van der Waals surface area contributed by atoms with Crippen molar-refractivity contribution >= 4 is 17.2 Å². The van der Waals surface area contributed by atoms with Gasteiger partial charge in [0.05, 0.1) is 17.9 Å². The van der Waals surface area contributed by atoms with E-state index in [0.29, 0.717) is 0 Å². The molecule has 4 nitrogen and oxygen atoms in total. The summed E-state index contributed by atoms with van der Waals surface area (Å²) in [6.45, 7) is 2.74. The van der Waals surface area contributed by atoms with Gasteiger partial charge in [0.2, 0.25) is 0 Å². The molecule has 0 atom stereocenters. The van der Waals surface area contributed by atoms with Gasteiger partial charge in [-0.2, -0.15) is 5.10 Å². The second-order valence-electron chi connectivity index (χ2n) is 4.74. The van der Waals surface area contributed by atoms with Gasteiger partial charge in [-0.3, -0.25) is 9.48 Å². The Hall–Kier alpha value is -2.36. The first-order valence-electron chi connectivity index (χ1n) is 6.21. The molecule has 1 aromatic carbocycles. The lowest BCUT2D eigenvalue weighted by Gasteiger charge is -2.06. The molecular weight excluding hydrogens is 238 g/mol. The van der Waals surface area contributed by atoms with Gasteiger partial charge >= 0.3 is 0 Å². The largest absolute Gasteiger partial charge is 0.341 e. The zero-order valence-corrected chi connectivity index (χ0v) is 11.0. The number of aryl methyl sites for hydroxylation is 2. The highest BCUT2D eigenvalue weighted by atomic mass is 16.1. The van der Waals surface area contributed by atoms with Gasteiger partial charge in [0.15, 0.2) is 6.29 Å². The third-order valence-corrected chi connectivity index (χ3v) is 3.41. The number of fused-ring (bicyclic) bond motifs is 1. The second-order valence-corrected chi connectivity index (χ2v) is 4.74. The molecule has 4 heteroatoms. The van der Waals surface area contributed by atoms with E-state index >= 15 is 0 Å². The van der Waals surface area contributed by atoms with E-state index < -0.39 is 0 Å². The van der Waals surface area contributed by atoms with Crippen LogP contribution in [0.2, 0.25) is 0 Å². The predicted octanol–water partition coefficient (Wildman–Crippen LogP) is 2.54. The van der Waals surface area contributed by atoms with Gasteiger partial charge in [0.1, 0.15) is 0 Å². The van der Waals surface area contributed by atoms with Crippen molar-refractivity contribution in [2.24, 2.45) is 7.05 Å². The van der Waals surface area contributed by atoms with Gasteiger partial charge in [0.25, 0.3) is 0 Å². The maximum absolute atomic E-state index is 11.0. The second kappa shape index (κ2) is 4.39. The predicted molar refractivity (Wildman–Crippen MR) is 74.4 cm³/mol. The highest BCUT2D eigenvalue weighted by Gasteiger charge is 2.07. The maximum Gasteiger partial charge on any atom is 0.150 e. The van der Waals surface area contributed by atoms with Crippen LogP contribution in [0.1, 0.15) is 21.7 Å². The fourth-order valence-electron chi connectivity index (χ4n) is 2.47. The van der Waals surface area contributed by atoms with Crippen LogP contribution in [0.3, 0.4) is 0 Å². The van der Waals surface area contributed by atoms with Crippen LogP contribution in [0.25, 0.3) is 10.9 Å². The molecule has 0 fully saturated rings. The number of rotatable bonds is 3. The van der Waals surface area contributed by atoms with Crippen molar-refractivity contribution < 1.29 is 4.79 Å². The number of hydrogen-bond acceptors (Lipinski definition) is 2. The van der Waals surface area contributed by atoms with Crippen molar-refractivity contribution in [1.29, 1.82) is 0 Å². The monoisotopic (exact) mass is 253 g/mol. The molecule has 2 aromatic heterocycles. The minimum Gasteiger partial charge on any atom is -0.341 e. The molecule has 3 rings (SSSR count). The number of aldehydes is 1. The minimum atomic E-state index is 0.734. The normalized spacial score (nSPS) is 11.1. The van der Waals surface area contributed by atoms with E-state index in [9.17, 15) is 4.79 Å². The van der Waals surface area contributed by atoms with Gasteiger partial charge in [-0.1, -0.05) is 12.1 Å². The summed E-state index contributed by atoms with van der Waals surface area (Å²) in [5, 5.41) is 5.35. The third kappa shape index (κ3) is 1.95. The highest BCUT2D eigenvalue weighted by Crippen LogP contribution is 2.20. The minimum absolute atomic E-state index is 0.734. The van der Waals surface area contributed by atoms with Crippen LogP contribution in [0.5, 0.6) is 0 Å². The van der Waals surface area contributed by atoms with E-state index in [0.717, 1.165) is 40.7 Å². The molecule has 0 saturated heterocycles. The van der Waals surface area contributed by atoms with Crippen molar-refractivity contribution in [1.82, 2.24) is 14.3 Å². The Balaban J connectivity index is 2.07. The van der Waals surface area contributed by atoms with Gasteiger partial charge in [0, 0.05) is 29.7 Å². The quantitative estimate of drug-likeness (QED) is 0.673. The number of benzene rings is 1. The molecule has 0 spiro atoms. The van der Waals surface area contributed by atoms with Crippen molar-refractivity contribution in [2.75, 3.05) is 0 Å². The molecule has 0 radical (unpaired) electrons. The van der Waals surface area contributed by atoms with Crippen molar-refractivity contribution in [2.45, 2.75) is 13.5 Å². The number of carbonyl (C=O) groups excluding carboxylic acids is 1. The number of nitrogens with zero attached hydrogens (tertiary/aromatic N) is 3. The summed E-state index contributed by atoms with van der Waals surface area (Å²) >= 11 is 0. The van der Waals surface area contributed by atoms with Crippen molar-refractivity contribution in [3.05, 3.63) is 53.5 Å². The lowest BCUT2D eigenvalue weighted by Crippen LogP contribution is -2.04. The maximum atomic E-state index is 11.0. The Morgan fingerprint density at radius 1 is 1.32 bits per heavy atom. The SMILES string of the molecule is Cc1cc(Cn2ccc3c(C=O)cccc32)n(C)n1. The molecule has 0 aliphatic rings. The topological polar surface area (TPSA) is 39.8 Å². The molecule has 19 heavy (non-hydrogen) atoms. The van der Waals surface area contributed by atoms with Gasteiger partial charge in [-0.15, -0.1) is 0 Å². The first kappa shape index (κ1) is 11.7. The van der Waals surface area contributed by atoms with Crippen LogP contribution in [0.4, 0.5) is 0 Å². The first-order chi connectivity index (χ1) is 9.19. The van der Waals surface area contributed by atoms with Crippen LogP contribution in [-0.2, 0) is 13.6 Å². The molecule has 0 aliphatic carbocycles. The number of aromatic nitrogens is 3. The number of carbonyl (C=O) groups is 1. The Morgan fingerprint density at radius 2 is 2.16 bits per heavy atom. The molecule has 0 N–H and O–H groups in total. The average Bonchev–Trinajstić information content (AvgIpc) is 2.94. The molecule has 0 bridgehead atoms. The molecule has 3 aromatic rings. The van der Waals surface area contributed by atoms with Crippen molar-refractivity contribution in [3.8, 4) is 0 Å². The van der Waals surface area contributed by atoms with E-state index in [2.05, 4.69) is 15.7 Å². The van der Waals surface area contributed by atoms with Crippen molar-refractivity contribution in [3.63, 3.8) is 0 Å². The van der Waals surface area contributed by atoms with E-state index in [1.54, 1.807) is 0 Å². The van der Waals surface area contributed by atoms with Crippen LogP contribution >= 0.6 is 0 Å². The smallest absolute Gasteiger partial charge is 0.150 e. The zero-order chi connectivity index (χ0) is 13.4. The van der Waals surface area contributed by atoms with Gasteiger partial charge in [-0.05, 0) is 25.1 Å². The molecule has 0 unspecified atom stereocenters. The average molecular weight is 253 g/mol. The van der Waals surface area contributed by atoms with E-state index in [1.165, 1.54) is 0 Å². The fraction of sp³-hybridized carbons (Fsp3) is 0.200. The van der Waals surface area contributed by atoms with Gasteiger partial charge < -0.3 is 4.57 Å². The molecule has 0 amide bonds. The Morgan fingerprint density at radius 3 is 2.84 bits per heavy atom. The number of hydrogen-bond donors (Lipinski definition) is 0. The van der Waals surface area contributed by atoms with Crippen LogP contribution in [-0.4, -0.2) is 20.6 Å². The summed E-state index contributed by atoms with van der Waals surface area (Å²) in [7, 11) is 1.95. The Kier molecular flexibility index (Phi) is 2.71. The lowest BCUT2D eigenvalue weighted by atomic mass is 10.1. The summed E-state index contributed by atoms with van der Waals surface area (Å²) in [6, 6.07) is 9.86. The molecular formula is C15H15N3O. The molecule has 96 valence electrons. The van der Waals surface area contributed by atoms with Crippen LogP contribution < -0.4 is 0 Å². The Bertz CT molecular complexity index is 752. The van der Waals surface area contributed by atoms with Crippen LogP contribution in [0, 0.1) is 6.92 Å². The van der Waals surface area contributed by atoms with E-state index in [4.69, 9.17) is 0 Å². The summed E-state index contributed by atoms with van der Waals surface area (Å²) in [6.07, 6.45) is 2.92. The summed E-state index contributed by atoms with van der Waals surface area (Å²) < 4.78 is 4.03. The highest BCUT2D eigenvalue weighted by molar-refractivity contribution is 5.97. The molecule has 0 saturated carbocycles. The summed E-state index contributed by atoms with van der Waals surface area (Å²) in [5.41, 5.74) is 3.97. The van der Waals surface area contributed by atoms with E-state index in [-0.39, 0.29) is 0 Å². The first-order valence-corrected chi connectivity index (χ1v) is 6.21. The lowest BCUT2D eigenvalue weighted by molar-refractivity contribution is 0.112.